The van der Waals surface area contributed by atoms with Crippen LogP contribution in [-0.2, 0) is 6.54 Å². The minimum Gasteiger partial charge on any atom is -0.363 e. The summed E-state index contributed by atoms with van der Waals surface area (Å²) < 4.78 is 7.41. The van der Waals surface area contributed by atoms with Gasteiger partial charge in [0.05, 0.1) is 17.2 Å². The summed E-state index contributed by atoms with van der Waals surface area (Å²) in [7, 11) is 0. The van der Waals surface area contributed by atoms with E-state index in [1.54, 1.807) is 24.4 Å². The third-order valence-corrected chi connectivity index (χ3v) is 3.25. The topological polar surface area (TPSA) is 73.0 Å². The fourth-order valence-electron chi connectivity index (χ4n) is 1.84. The summed E-state index contributed by atoms with van der Waals surface area (Å²) in [6.45, 7) is 0.650. The molecule has 6 nitrogen and oxygen atoms in total. The smallest absolute Gasteiger partial charge is 0.256 e. The van der Waals surface area contributed by atoms with Gasteiger partial charge in [-0.25, -0.2) is 0 Å². The number of carbonyl (C=O) groups excluding carboxylic acids is 1. The van der Waals surface area contributed by atoms with E-state index in [2.05, 4.69) is 36.0 Å². The molecule has 0 fully saturated rings. The molecule has 2 aromatic heterocycles. The second-order valence-corrected chi connectivity index (χ2v) is 5.31. The highest BCUT2D eigenvalue weighted by Gasteiger charge is 2.07. The summed E-state index contributed by atoms with van der Waals surface area (Å²) in [6.07, 6.45) is 5.03. The van der Waals surface area contributed by atoms with E-state index in [1.165, 1.54) is 6.26 Å². The standard InChI is InChI=1S/C14H11BrN4O2/c15-12-7-16-19(9-12)8-10-1-3-11(4-2-10)14(20)17-13-5-6-21-18-13/h1-7,9H,8H2,(H,17,18,20). The average Bonchev–Trinajstić information content (AvgIpc) is 3.12. The van der Waals surface area contributed by atoms with Gasteiger partial charge in [-0.1, -0.05) is 17.3 Å². The molecule has 0 aliphatic heterocycles. The van der Waals surface area contributed by atoms with E-state index in [0.29, 0.717) is 17.9 Å². The van der Waals surface area contributed by atoms with Gasteiger partial charge in [-0.15, -0.1) is 0 Å². The first-order valence-corrected chi connectivity index (χ1v) is 6.98. The van der Waals surface area contributed by atoms with Crippen LogP contribution in [0.2, 0.25) is 0 Å². The molecule has 3 aromatic rings. The zero-order valence-electron chi connectivity index (χ0n) is 10.9. The lowest BCUT2D eigenvalue weighted by molar-refractivity contribution is 0.102. The maximum absolute atomic E-state index is 12.0. The number of hydrogen-bond donors (Lipinski definition) is 1. The fraction of sp³-hybridized carbons (Fsp3) is 0.0714. The molecule has 0 aliphatic rings. The highest BCUT2D eigenvalue weighted by Crippen LogP contribution is 2.11. The third-order valence-electron chi connectivity index (χ3n) is 2.84. The number of aromatic nitrogens is 3. The van der Waals surface area contributed by atoms with Crippen LogP contribution < -0.4 is 5.32 Å². The van der Waals surface area contributed by atoms with Crippen LogP contribution in [0.3, 0.4) is 0 Å². The van der Waals surface area contributed by atoms with Gasteiger partial charge in [0.25, 0.3) is 5.91 Å². The van der Waals surface area contributed by atoms with Gasteiger partial charge in [0.15, 0.2) is 5.82 Å². The Morgan fingerprint density at radius 1 is 1.29 bits per heavy atom. The molecule has 0 saturated heterocycles. The Bertz CT molecular complexity index is 735. The molecule has 7 heteroatoms. The highest BCUT2D eigenvalue weighted by atomic mass is 79.9. The maximum Gasteiger partial charge on any atom is 0.256 e. The highest BCUT2D eigenvalue weighted by molar-refractivity contribution is 9.10. The van der Waals surface area contributed by atoms with Gasteiger partial charge in [0.1, 0.15) is 6.26 Å². The number of anilines is 1. The second-order valence-electron chi connectivity index (χ2n) is 4.39. The predicted octanol–water partition coefficient (Wildman–Crippen LogP) is 2.93. The lowest BCUT2D eigenvalue weighted by atomic mass is 10.1. The first kappa shape index (κ1) is 13.6. The van der Waals surface area contributed by atoms with E-state index < -0.39 is 0 Å². The summed E-state index contributed by atoms with van der Waals surface area (Å²) in [5, 5.41) is 10.5. The molecule has 0 saturated carbocycles. The van der Waals surface area contributed by atoms with Crippen LogP contribution in [0.5, 0.6) is 0 Å². The SMILES string of the molecule is O=C(Nc1ccon1)c1ccc(Cn2cc(Br)cn2)cc1. The van der Waals surface area contributed by atoms with Crippen LogP contribution in [0, 0.1) is 0 Å². The van der Waals surface area contributed by atoms with E-state index >= 15 is 0 Å². The van der Waals surface area contributed by atoms with Crippen molar-refractivity contribution >= 4 is 27.7 Å². The number of halogens is 1. The van der Waals surface area contributed by atoms with Crippen molar-refractivity contribution in [3.8, 4) is 0 Å². The molecule has 1 aromatic carbocycles. The second kappa shape index (κ2) is 5.92. The summed E-state index contributed by atoms with van der Waals surface area (Å²) in [5.74, 6) is 0.169. The lowest BCUT2D eigenvalue weighted by Crippen LogP contribution is -2.12. The van der Waals surface area contributed by atoms with Crippen molar-refractivity contribution in [2.45, 2.75) is 6.54 Å². The van der Waals surface area contributed by atoms with Gasteiger partial charge in [0.2, 0.25) is 0 Å². The molecule has 21 heavy (non-hydrogen) atoms. The molecule has 0 atom stereocenters. The van der Waals surface area contributed by atoms with E-state index in [4.69, 9.17) is 0 Å². The predicted molar refractivity (Wildman–Crippen MR) is 79.9 cm³/mol. The summed E-state index contributed by atoms with van der Waals surface area (Å²) in [5.41, 5.74) is 1.62. The molecule has 2 heterocycles. The fourth-order valence-corrected chi connectivity index (χ4v) is 2.17. The van der Waals surface area contributed by atoms with E-state index in [-0.39, 0.29) is 5.91 Å². The summed E-state index contributed by atoms with van der Waals surface area (Å²) in [4.78, 5) is 12.0. The molecular formula is C14H11BrN4O2. The summed E-state index contributed by atoms with van der Waals surface area (Å²) in [6, 6.07) is 8.91. The van der Waals surface area contributed by atoms with Crippen molar-refractivity contribution < 1.29 is 9.32 Å². The molecule has 1 N–H and O–H groups in total. The zero-order valence-corrected chi connectivity index (χ0v) is 12.4. The van der Waals surface area contributed by atoms with E-state index in [0.717, 1.165) is 10.0 Å². The van der Waals surface area contributed by atoms with Gasteiger partial charge < -0.3 is 9.84 Å². The van der Waals surface area contributed by atoms with Crippen LogP contribution in [0.4, 0.5) is 5.82 Å². The van der Waals surface area contributed by atoms with Gasteiger partial charge >= 0.3 is 0 Å². The van der Waals surface area contributed by atoms with Gasteiger partial charge in [-0.05, 0) is 33.6 Å². The monoisotopic (exact) mass is 346 g/mol. The van der Waals surface area contributed by atoms with Crippen LogP contribution >= 0.6 is 15.9 Å². The maximum atomic E-state index is 12.0. The van der Waals surface area contributed by atoms with Crippen LogP contribution in [0.25, 0.3) is 0 Å². The van der Waals surface area contributed by atoms with Crippen LogP contribution in [0.15, 0.2) is 58.0 Å². The van der Waals surface area contributed by atoms with Crippen molar-refractivity contribution in [1.29, 1.82) is 0 Å². The number of hydrogen-bond acceptors (Lipinski definition) is 4. The molecule has 0 aliphatic carbocycles. The first-order chi connectivity index (χ1) is 10.2. The largest absolute Gasteiger partial charge is 0.363 e. The van der Waals surface area contributed by atoms with Gasteiger partial charge in [0, 0.05) is 17.8 Å². The summed E-state index contributed by atoms with van der Waals surface area (Å²) >= 11 is 3.35. The quantitative estimate of drug-likeness (QED) is 0.788. The van der Waals surface area contributed by atoms with Gasteiger partial charge in [-0.2, -0.15) is 5.10 Å². The van der Waals surface area contributed by atoms with Gasteiger partial charge in [-0.3, -0.25) is 9.48 Å². The number of rotatable bonds is 4. The number of nitrogens with zero attached hydrogens (tertiary/aromatic N) is 3. The van der Waals surface area contributed by atoms with Crippen molar-refractivity contribution in [3.63, 3.8) is 0 Å². The first-order valence-electron chi connectivity index (χ1n) is 6.19. The van der Waals surface area contributed by atoms with Crippen LogP contribution in [-0.4, -0.2) is 20.8 Å². The molecule has 0 radical (unpaired) electrons. The molecule has 1 amide bonds. The molecule has 106 valence electrons. The number of carbonyl (C=O) groups is 1. The lowest BCUT2D eigenvalue weighted by Gasteiger charge is -2.04. The average molecular weight is 347 g/mol. The van der Waals surface area contributed by atoms with Crippen molar-refractivity contribution in [1.82, 2.24) is 14.9 Å². The normalized spacial score (nSPS) is 10.5. The van der Waals surface area contributed by atoms with Crippen molar-refractivity contribution in [3.05, 3.63) is 64.6 Å². The number of amides is 1. The Hall–Kier alpha value is -2.41. The Labute approximate surface area is 128 Å². The van der Waals surface area contributed by atoms with E-state index in [9.17, 15) is 4.79 Å². The van der Waals surface area contributed by atoms with Crippen LogP contribution in [0.1, 0.15) is 15.9 Å². The zero-order chi connectivity index (χ0) is 14.7. The molecule has 0 unspecified atom stereocenters. The number of nitrogens with one attached hydrogen (secondary N) is 1. The van der Waals surface area contributed by atoms with E-state index in [1.807, 2.05) is 23.0 Å². The Morgan fingerprint density at radius 2 is 2.10 bits per heavy atom. The molecule has 0 spiro atoms. The minimum absolute atomic E-state index is 0.225. The van der Waals surface area contributed by atoms with Crippen molar-refractivity contribution in [2.75, 3.05) is 5.32 Å². The minimum atomic E-state index is -0.225. The molecule has 3 rings (SSSR count). The molecular weight excluding hydrogens is 336 g/mol. The Balaban J connectivity index is 1.67. The molecule has 0 bridgehead atoms. The number of benzene rings is 1. The Kier molecular flexibility index (Phi) is 3.83. The third kappa shape index (κ3) is 3.38. The van der Waals surface area contributed by atoms with Crippen molar-refractivity contribution in [2.24, 2.45) is 0 Å². The Morgan fingerprint density at radius 3 is 2.71 bits per heavy atom.